The van der Waals surface area contributed by atoms with E-state index in [1.807, 2.05) is 24.3 Å². The number of hydrogen-bond acceptors (Lipinski definition) is 2. The first kappa shape index (κ1) is 14.9. The van der Waals surface area contributed by atoms with Gasteiger partial charge in [0.15, 0.2) is 0 Å². The Morgan fingerprint density at radius 2 is 1.80 bits per heavy atom. The van der Waals surface area contributed by atoms with Crippen molar-refractivity contribution in [1.82, 2.24) is 5.32 Å². The zero-order chi connectivity index (χ0) is 14.6. The predicted molar refractivity (Wildman–Crippen MR) is 80.7 cm³/mol. The highest BCUT2D eigenvalue weighted by Crippen LogP contribution is 2.27. The molecule has 1 atom stereocenters. The lowest BCUT2D eigenvalue weighted by Crippen LogP contribution is -2.48. The Bertz CT molecular complexity index is 448. The van der Waals surface area contributed by atoms with E-state index in [2.05, 4.69) is 17.6 Å². The van der Waals surface area contributed by atoms with Gasteiger partial charge in [0.2, 0.25) is 0 Å². The molecule has 4 heteroatoms. The van der Waals surface area contributed by atoms with Crippen molar-refractivity contribution >= 4 is 11.7 Å². The molecule has 1 fully saturated rings. The molecule has 1 aromatic rings. The van der Waals surface area contributed by atoms with Gasteiger partial charge in [-0.3, -0.25) is 0 Å². The highest BCUT2D eigenvalue weighted by molar-refractivity contribution is 5.89. The fourth-order valence-electron chi connectivity index (χ4n) is 2.74. The zero-order valence-corrected chi connectivity index (χ0v) is 12.3. The van der Waals surface area contributed by atoms with Crippen LogP contribution in [0, 0.1) is 0 Å². The van der Waals surface area contributed by atoms with Crippen LogP contribution in [0.1, 0.15) is 57.6 Å². The minimum Gasteiger partial charge on any atom is -0.389 e. The average molecular weight is 276 g/mol. The standard InChI is InChI=1S/C16H24N2O2/c1-12(19)13-6-8-14(9-7-13)17-15(20)18-16(2)10-4-3-5-11-16/h6-9,12,19H,3-5,10-11H2,1-2H3,(H2,17,18,20). The summed E-state index contributed by atoms with van der Waals surface area (Å²) in [6.45, 7) is 3.83. The highest BCUT2D eigenvalue weighted by Gasteiger charge is 2.28. The van der Waals surface area contributed by atoms with Gasteiger partial charge in [0, 0.05) is 11.2 Å². The first-order valence-electron chi connectivity index (χ1n) is 7.36. The Kier molecular flexibility index (Phi) is 4.65. The lowest BCUT2D eigenvalue weighted by Gasteiger charge is -2.34. The van der Waals surface area contributed by atoms with E-state index in [4.69, 9.17) is 0 Å². The van der Waals surface area contributed by atoms with Gasteiger partial charge >= 0.3 is 6.03 Å². The molecule has 3 N–H and O–H groups in total. The van der Waals surface area contributed by atoms with Gasteiger partial charge in [-0.2, -0.15) is 0 Å². The summed E-state index contributed by atoms with van der Waals surface area (Å²) in [5.74, 6) is 0. The summed E-state index contributed by atoms with van der Waals surface area (Å²) in [4.78, 5) is 12.0. The Hall–Kier alpha value is -1.55. The number of carbonyl (C=O) groups is 1. The first-order chi connectivity index (χ1) is 9.48. The molecule has 0 aliphatic heterocycles. The minimum atomic E-state index is -0.487. The third kappa shape index (κ3) is 3.97. The number of aliphatic hydroxyl groups excluding tert-OH is 1. The van der Waals surface area contributed by atoms with Gasteiger partial charge < -0.3 is 15.7 Å². The molecule has 1 aliphatic rings. The number of nitrogens with one attached hydrogen (secondary N) is 2. The van der Waals surface area contributed by atoms with Crippen LogP contribution < -0.4 is 10.6 Å². The van der Waals surface area contributed by atoms with E-state index in [1.54, 1.807) is 6.92 Å². The van der Waals surface area contributed by atoms with E-state index in [0.29, 0.717) is 0 Å². The minimum absolute atomic E-state index is 0.0815. The van der Waals surface area contributed by atoms with Crippen molar-refractivity contribution in [2.75, 3.05) is 5.32 Å². The first-order valence-corrected chi connectivity index (χ1v) is 7.36. The molecule has 0 saturated heterocycles. The summed E-state index contributed by atoms with van der Waals surface area (Å²) in [6, 6.07) is 7.11. The number of rotatable bonds is 3. The molecule has 0 bridgehead atoms. The topological polar surface area (TPSA) is 61.4 Å². The maximum Gasteiger partial charge on any atom is 0.319 e. The fraction of sp³-hybridized carbons (Fsp3) is 0.562. The van der Waals surface area contributed by atoms with Crippen LogP contribution in [0.15, 0.2) is 24.3 Å². The smallest absolute Gasteiger partial charge is 0.319 e. The largest absolute Gasteiger partial charge is 0.389 e. The Morgan fingerprint density at radius 3 is 2.35 bits per heavy atom. The molecular formula is C16H24N2O2. The second-order valence-electron chi connectivity index (χ2n) is 6.00. The lowest BCUT2D eigenvalue weighted by molar-refractivity contribution is 0.199. The number of hydrogen-bond donors (Lipinski definition) is 3. The summed E-state index contributed by atoms with van der Waals surface area (Å²) in [5, 5.41) is 15.4. The summed E-state index contributed by atoms with van der Waals surface area (Å²) in [5.41, 5.74) is 1.50. The van der Waals surface area contributed by atoms with Crippen molar-refractivity contribution in [3.63, 3.8) is 0 Å². The van der Waals surface area contributed by atoms with Crippen LogP contribution in [0.5, 0.6) is 0 Å². The quantitative estimate of drug-likeness (QED) is 0.790. The number of anilines is 1. The van der Waals surface area contributed by atoms with Gasteiger partial charge in [0.25, 0.3) is 0 Å². The molecule has 1 saturated carbocycles. The molecule has 20 heavy (non-hydrogen) atoms. The van der Waals surface area contributed by atoms with Crippen LogP contribution in [0.25, 0.3) is 0 Å². The third-order valence-corrected chi connectivity index (χ3v) is 4.02. The molecule has 1 aromatic carbocycles. The van der Waals surface area contributed by atoms with Gasteiger partial charge in [0.05, 0.1) is 6.10 Å². The molecule has 2 amide bonds. The Morgan fingerprint density at radius 1 is 1.20 bits per heavy atom. The van der Waals surface area contributed by atoms with E-state index in [-0.39, 0.29) is 11.6 Å². The molecule has 0 radical (unpaired) electrons. The van der Waals surface area contributed by atoms with Crippen LogP contribution in [-0.4, -0.2) is 16.7 Å². The number of aliphatic hydroxyl groups is 1. The van der Waals surface area contributed by atoms with Gasteiger partial charge in [0.1, 0.15) is 0 Å². The lowest BCUT2D eigenvalue weighted by atomic mass is 9.83. The molecular weight excluding hydrogens is 252 g/mol. The van der Waals surface area contributed by atoms with Crippen molar-refractivity contribution < 1.29 is 9.90 Å². The van der Waals surface area contributed by atoms with Crippen molar-refractivity contribution in [1.29, 1.82) is 0 Å². The monoisotopic (exact) mass is 276 g/mol. The van der Waals surface area contributed by atoms with Gasteiger partial charge in [-0.15, -0.1) is 0 Å². The summed E-state index contributed by atoms with van der Waals surface area (Å²) in [6.07, 6.45) is 5.22. The third-order valence-electron chi connectivity index (χ3n) is 4.02. The van der Waals surface area contributed by atoms with Crippen LogP contribution in [0.2, 0.25) is 0 Å². The molecule has 110 valence electrons. The second-order valence-corrected chi connectivity index (χ2v) is 6.00. The maximum absolute atomic E-state index is 12.0. The van der Waals surface area contributed by atoms with Crippen LogP contribution in [0.3, 0.4) is 0 Å². The summed E-state index contributed by atoms with van der Waals surface area (Å²) >= 11 is 0. The van der Waals surface area contributed by atoms with Crippen LogP contribution in [0.4, 0.5) is 10.5 Å². The van der Waals surface area contributed by atoms with Crippen molar-refractivity contribution in [2.45, 2.75) is 57.6 Å². The van der Waals surface area contributed by atoms with Gasteiger partial charge in [-0.1, -0.05) is 31.4 Å². The van der Waals surface area contributed by atoms with Gasteiger partial charge in [-0.05, 0) is 44.4 Å². The van der Waals surface area contributed by atoms with E-state index in [9.17, 15) is 9.90 Å². The maximum atomic E-state index is 12.0. The summed E-state index contributed by atoms with van der Waals surface area (Å²) < 4.78 is 0. The second kappa shape index (κ2) is 6.27. The number of urea groups is 1. The highest BCUT2D eigenvalue weighted by atomic mass is 16.3. The van der Waals surface area contributed by atoms with Gasteiger partial charge in [-0.25, -0.2) is 4.79 Å². The SMILES string of the molecule is CC(O)c1ccc(NC(=O)NC2(C)CCCCC2)cc1. The Labute approximate surface area is 120 Å². The molecule has 2 rings (SSSR count). The van der Waals surface area contributed by atoms with Crippen molar-refractivity contribution in [2.24, 2.45) is 0 Å². The Balaban J connectivity index is 1.90. The molecule has 1 unspecified atom stereocenters. The zero-order valence-electron chi connectivity index (χ0n) is 12.3. The number of carbonyl (C=O) groups excluding carboxylic acids is 1. The molecule has 0 spiro atoms. The number of benzene rings is 1. The van der Waals surface area contributed by atoms with Crippen molar-refractivity contribution in [3.8, 4) is 0 Å². The summed E-state index contributed by atoms with van der Waals surface area (Å²) in [7, 11) is 0. The number of amides is 2. The normalized spacial score (nSPS) is 19.1. The van der Waals surface area contributed by atoms with E-state index < -0.39 is 6.10 Å². The predicted octanol–water partition coefficient (Wildman–Crippen LogP) is 3.58. The van der Waals surface area contributed by atoms with Crippen LogP contribution in [-0.2, 0) is 0 Å². The fourth-order valence-corrected chi connectivity index (χ4v) is 2.74. The van der Waals surface area contributed by atoms with E-state index in [0.717, 1.165) is 24.1 Å². The molecule has 4 nitrogen and oxygen atoms in total. The van der Waals surface area contributed by atoms with Crippen molar-refractivity contribution in [3.05, 3.63) is 29.8 Å². The van der Waals surface area contributed by atoms with E-state index in [1.165, 1.54) is 19.3 Å². The van der Waals surface area contributed by atoms with Crippen LogP contribution >= 0.6 is 0 Å². The molecule has 0 heterocycles. The van der Waals surface area contributed by atoms with E-state index >= 15 is 0 Å². The average Bonchev–Trinajstić information content (AvgIpc) is 2.39. The molecule has 1 aliphatic carbocycles. The molecule has 0 aromatic heterocycles.